The molecular weight excluding hydrogens is 241 g/mol. The van der Waals surface area contributed by atoms with Crippen LogP contribution in [0.1, 0.15) is 37.8 Å². The fraction of sp³-hybridized carbons (Fsp3) is 0.571. The van der Waals surface area contributed by atoms with Crippen LogP contribution >= 0.6 is 0 Å². The Bertz CT molecular complexity index is 420. The molecule has 1 aromatic carbocycles. The molecule has 0 aromatic heterocycles. The molecule has 0 unspecified atom stereocenters. The molecule has 0 aliphatic heterocycles. The Hall–Kier alpha value is -1.19. The van der Waals surface area contributed by atoms with E-state index in [-0.39, 0.29) is 6.10 Å². The Balaban J connectivity index is 2.28. The smallest absolute Gasteiger partial charge is 0.416 e. The average Bonchev–Trinajstić information content (AvgIpc) is 3.02. The summed E-state index contributed by atoms with van der Waals surface area (Å²) in [5, 5.41) is 0. The van der Waals surface area contributed by atoms with Gasteiger partial charge in [-0.25, -0.2) is 0 Å². The highest BCUT2D eigenvalue weighted by Crippen LogP contribution is 2.36. The second-order valence-corrected chi connectivity index (χ2v) is 5.24. The summed E-state index contributed by atoms with van der Waals surface area (Å²) >= 11 is 0. The van der Waals surface area contributed by atoms with Crippen LogP contribution in [0.2, 0.25) is 0 Å². The molecular formula is C14H17F3O. The molecule has 1 saturated carbocycles. The second kappa shape index (κ2) is 4.82. The van der Waals surface area contributed by atoms with Crippen LogP contribution < -0.4 is 4.74 Å². The van der Waals surface area contributed by atoms with Crippen molar-refractivity contribution < 1.29 is 17.9 Å². The molecule has 1 fully saturated rings. The summed E-state index contributed by atoms with van der Waals surface area (Å²) in [4.78, 5) is 0. The maximum Gasteiger partial charge on any atom is 0.416 e. The first-order chi connectivity index (χ1) is 8.36. The van der Waals surface area contributed by atoms with E-state index in [0.717, 1.165) is 37.0 Å². The topological polar surface area (TPSA) is 9.23 Å². The summed E-state index contributed by atoms with van der Waals surface area (Å²) < 4.78 is 43.6. The number of benzene rings is 1. The molecule has 0 bridgehead atoms. The molecule has 100 valence electrons. The highest BCUT2D eigenvalue weighted by atomic mass is 19.4. The molecule has 2 rings (SSSR count). The lowest BCUT2D eigenvalue weighted by molar-refractivity contribution is -0.137. The van der Waals surface area contributed by atoms with Crippen molar-refractivity contribution in [1.82, 2.24) is 0 Å². The zero-order valence-electron chi connectivity index (χ0n) is 10.6. The van der Waals surface area contributed by atoms with Crippen molar-refractivity contribution in [3.8, 4) is 5.75 Å². The maximum absolute atomic E-state index is 12.7. The quantitative estimate of drug-likeness (QED) is 0.775. The summed E-state index contributed by atoms with van der Waals surface area (Å²) in [6.45, 7) is 4.08. The van der Waals surface area contributed by atoms with Gasteiger partial charge in [0.2, 0.25) is 0 Å². The maximum atomic E-state index is 12.7. The first kappa shape index (κ1) is 13.2. The van der Waals surface area contributed by atoms with Crippen LogP contribution in [-0.4, -0.2) is 6.10 Å². The Morgan fingerprint density at radius 3 is 2.44 bits per heavy atom. The Kier molecular flexibility index (Phi) is 3.55. The summed E-state index contributed by atoms with van der Waals surface area (Å²) in [5.74, 6) is 0.796. The van der Waals surface area contributed by atoms with Gasteiger partial charge in [-0.3, -0.25) is 0 Å². The van der Waals surface area contributed by atoms with E-state index in [9.17, 15) is 13.2 Å². The first-order valence-electron chi connectivity index (χ1n) is 6.23. The molecule has 1 aliphatic carbocycles. The van der Waals surface area contributed by atoms with E-state index in [0.29, 0.717) is 11.7 Å². The Morgan fingerprint density at radius 2 is 1.94 bits per heavy atom. The van der Waals surface area contributed by atoms with E-state index in [1.807, 2.05) is 13.8 Å². The van der Waals surface area contributed by atoms with Crippen molar-refractivity contribution in [1.29, 1.82) is 0 Å². The Morgan fingerprint density at radius 1 is 1.28 bits per heavy atom. The van der Waals surface area contributed by atoms with Gasteiger partial charge in [-0.1, -0.05) is 19.9 Å². The molecule has 0 radical (unpaired) electrons. The van der Waals surface area contributed by atoms with E-state index in [1.165, 1.54) is 0 Å². The number of rotatable bonds is 4. The normalized spacial score (nSPS) is 16.1. The lowest BCUT2D eigenvalue weighted by atomic mass is 10.0. The van der Waals surface area contributed by atoms with Crippen molar-refractivity contribution in [3.05, 3.63) is 29.3 Å². The third-order valence-corrected chi connectivity index (χ3v) is 2.84. The summed E-state index contributed by atoms with van der Waals surface area (Å²) in [5.41, 5.74) is 0.232. The highest BCUT2D eigenvalue weighted by molar-refractivity contribution is 5.39. The van der Waals surface area contributed by atoms with Crippen LogP contribution in [-0.2, 0) is 12.6 Å². The Labute approximate surface area is 105 Å². The van der Waals surface area contributed by atoms with Crippen molar-refractivity contribution in [2.24, 2.45) is 5.92 Å². The van der Waals surface area contributed by atoms with Crippen molar-refractivity contribution in [3.63, 3.8) is 0 Å². The van der Waals surface area contributed by atoms with Crippen LogP contribution in [0.25, 0.3) is 0 Å². The van der Waals surface area contributed by atoms with Crippen molar-refractivity contribution in [2.75, 3.05) is 0 Å². The fourth-order valence-corrected chi connectivity index (χ4v) is 1.81. The van der Waals surface area contributed by atoms with Crippen LogP contribution in [0.15, 0.2) is 18.2 Å². The molecule has 0 spiro atoms. The molecule has 1 nitrogen and oxygen atoms in total. The van der Waals surface area contributed by atoms with E-state index in [2.05, 4.69) is 0 Å². The zero-order valence-corrected chi connectivity index (χ0v) is 10.6. The number of alkyl halides is 3. The van der Waals surface area contributed by atoms with Crippen molar-refractivity contribution in [2.45, 2.75) is 45.4 Å². The second-order valence-electron chi connectivity index (χ2n) is 5.24. The van der Waals surface area contributed by atoms with Crippen LogP contribution in [0, 0.1) is 5.92 Å². The monoisotopic (exact) mass is 258 g/mol. The van der Waals surface area contributed by atoms with Gasteiger partial charge in [-0.05, 0) is 42.9 Å². The van der Waals surface area contributed by atoms with E-state index in [1.54, 1.807) is 6.07 Å². The number of hydrogen-bond donors (Lipinski definition) is 0. The molecule has 1 aromatic rings. The molecule has 0 saturated heterocycles. The number of hydrogen-bond acceptors (Lipinski definition) is 1. The summed E-state index contributed by atoms with van der Waals surface area (Å²) in [6.07, 6.45) is -1.58. The van der Waals surface area contributed by atoms with Gasteiger partial charge in [0.15, 0.2) is 0 Å². The van der Waals surface area contributed by atoms with Crippen molar-refractivity contribution >= 4 is 0 Å². The molecule has 1 aliphatic rings. The standard InChI is InChI=1S/C14H17F3O/c1-9(2)7-10-3-4-11(14(15,16)17)8-13(10)18-12-5-6-12/h3-4,8-9,12H,5-7H2,1-2H3. The van der Waals surface area contributed by atoms with E-state index < -0.39 is 11.7 Å². The minimum absolute atomic E-state index is 0.111. The SMILES string of the molecule is CC(C)Cc1ccc(C(F)(F)F)cc1OC1CC1. The van der Waals surface area contributed by atoms with Gasteiger partial charge in [-0.15, -0.1) is 0 Å². The molecule has 0 heterocycles. The van der Waals surface area contributed by atoms with Gasteiger partial charge in [0.05, 0.1) is 11.7 Å². The van der Waals surface area contributed by atoms with E-state index >= 15 is 0 Å². The van der Waals surface area contributed by atoms with Crippen LogP contribution in [0.3, 0.4) is 0 Å². The van der Waals surface area contributed by atoms with Gasteiger partial charge in [0.25, 0.3) is 0 Å². The fourth-order valence-electron chi connectivity index (χ4n) is 1.81. The van der Waals surface area contributed by atoms with E-state index in [4.69, 9.17) is 4.74 Å². The van der Waals surface area contributed by atoms with Crippen LogP contribution in [0.5, 0.6) is 5.75 Å². The number of ether oxygens (including phenoxy) is 1. The lowest BCUT2D eigenvalue weighted by Crippen LogP contribution is -2.08. The zero-order chi connectivity index (χ0) is 13.3. The van der Waals surface area contributed by atoms with Gasteiger partial charge in [0.1, 0.15) is 5.75 Å². The third-order valence-electron chi connectivity index (χ3n) is 2.84. The van der Waals surface area contributed by atoms with Gasteiger partial charge in [-0.2, -0.15) is 13.2 Å². The molecule has 18 heavy (non-hydrogen) atoms. The van der Waals surface area contributed by atoms with Gasteiger partial charge < -0.3 is 4.74 Å². The lowest BCUT2D eigenvalue weighted by Gasteiger charge is -2.15. The molecule has 0 atom stereocenters. The number of halogens is 3. The largest absolute Gasteiger partial charge is 0.490 e. The van der Waals surface area contributed by atoms with Crippen LogP contribution in [0.4, 0.5) is 13.2 Å². The summed E-state index contributed by atoms with van der Waals surface area (Å²) in [7, 11) is 0. The molecule has 0 N–H and O–H groups in total. The minimum atomic E-state index is -4.31. The predicted octanol–water partition coefficient (Wildman–Crippen LogP) is 4.45. The average molecular weight is 258 g/mol. The van der Waals surface area contributed by atoms with Gasteiger partial charge in [0, 0.05) is 0 Å². The summed E-state index contributed by atoms with van der Waals surface area (Å²) in [6, 6.07) is 3.81. The predicted molar refractivity (Wildman–Crippen MR) is 63.6 cm³/mol. The third kappa shape index (κ3) is 3.40. The molecule has 4 heteroatoms. The minimum Gasteiger partial charge on any atom is -0.490 e. The van der Waals surface area contributed by atoms with Gasteiger partial charge >= 0.3 is 6.18 Å². The highest BCUT2D eigenvalue weighted by Gasteiger charge is 2.32. The first-order valence-corrected chi connectivity index (χ1v) is 6.23. The molecule has 0 amide bonds.